The Morgan fingerprint density at radius 3 is 2.42 bits per heavy atom. The van der Waals surface area contributed by atoms with E-state index in [1.54, 1.807) is 11.3 Å². The zero-order valence-corrected chi connectivity index (χ0v) is 15.1. The molecule has 2 amide bonds. The Labute approximate surface area is 147 Å². The van der Waals surface area contributed by atoms with Gasteiger partial charge in [0.1, 0.15) is 5.00 Å². The van der Waals surface area contributed by atoms with E-state index in [-0.39, 0.29) is 17.7 Å². The Hall–Kier alpha value is -1.36. The lowest BCUT2D eigenvalue weighted by atomic mass is 9.85. The zero-order chi connectivity index (χ0) is 16.5. The van der Waals surface area contributed by atoms with E-state index in [4.69, 9.17) is 0 Å². The lowest BCUT2D eigenvalue weighted by Gasteiger charge is -2.28. The fraction of sp³-hybridized carbons (Fsp3) is 0.684. The van der Waals surface area contributed by atoms with Crippen LogP contribution in [0.3, 0.4) is 0 Å². The van der Waals surface area contributed by atoms with Crippen molar-refractivity contribution in [3.8, 4) is 0 Å². The number of amides is 2. The number of fused-ring (bicyclic) bond motifs is 1. The molecule has 1 saturated carbocycles. The molecule has 1 aromatic rings. The summed E-state index contributed by atoms with van der Waals surface area (Å²) in [6.45, 7) is 1.72. The Balaban J connectivity index is 1.63. The Morgan fingerprint density at radius 1 is 0.958 bits per heavy atom. The summed E-state index contributed by atoms with van der Waals surface area (Å²) in [6, 6.07) is 0. The number of likely N-dealkylation sites (tertiary alicyclic amines) is 1. The molecule has 0 atom stereocenters. The minimum Gasteiger partial charge on any atom is -0.339 e. The molecule has 130 valence electrons. The number of nitrogens with zero attached hydrogens (tertiary/aromatic N) is 1. The summed E-state index contributed by atoms with van der Waals surface area (Å²) in [6.07, 6.45) is 10.9. The number of aryl methyl sites for hydroxylation is 1. The molecule has 1 aliphatic heterocycles. The van der Waals surface area contributed by atoms with Gasteiger partial charge in [-0.3, -0.25) is 9.59 Å². The first-order valence-corrected chi connectivity index (χ1v) is 10.3. The number of nitrogens with one attached hydrogen (secondary N) is 1. The summed E-state index contributed by atoms with van der Waals surface area (Å²) < 4.78 is 0. The summed E-state index contributed by atoms with van der Waals surface area (Å²) in [5.74, 6) is 0.424. The van der Waals surface area contributed by atoms with Gasteiger partial charge in [0.05, 0.1) is 5.56 Å². The van der Waals surface area contributed by atoms with E-state index in [2.05, 4.69) is 5.32 Å². The van der Waals surface area contributed by atoms with Crippen LogP contribution >= 0.6 is 11.3 Å². The van der Waals surface area contributed by atoms with Crippen LogP contribution in [0.5, 0.6) is 0 Å². The minimum atomic E-state index is 0.118. The first kappa shape index (κ1) is 16.1. The molecule has 0 spiro atoms. The number of hydrogen-bond acceptors (Lipinski definition) is 3. The lowest BCUT2D eigenvalue weighted by Crippen LogP contribution is -2.36. The molecule has 1 aromatic heterocycles. The monoisotopic (exact) mass is 346 g/mol. The van der Waals surface area contributed by atoms with Gasteiger partial charge in [-0.2, -0.15) is 0 Å². The Morgan fingerprint density at radius 2 is 1.71 bits per heavy atom. The summed E-state index contributed by atoms with van der Waals surface area (Å²) >= 11 is 1.66. The second kappa shape index (κ2) is 6.87. The van der Waals surface area contributed by atoms with Crippen LogP contribution in [-0.4, -0.2) is 29.8 Å². The highest BCUT2D eigenvalue weighted by molar-refractivity contribution is 7.17. The average molecular weight is 346 g/mol. The first-order valence-electron chi connectivity index (χ1n) is 9.48. The standard InChI is InChI=1S/C19H26N2O2S/c22-17(13-7-6-8-13)20-18-16(14-9-2-3-10-15(14)24-18)19(23)21-11-4-1-5-12-21/h13H,1-12H2,(H,20,22). The molecule has 1 N–H and O–H groups in total. The molecule has 1 saturated heterocycles. The van der Waals surface area contributed by atoms with E-state index in [9.17, 15) is 9.59 Å². The van der Waals surface area contributed by atoms with Crippen molar-refractivity contribution >= 4 is 28.2 Å². The highest BCUT2D eigenvalue weighted by Crippen LogP contribution is 2.40. The Kier molecular flexibility index (Phi) is 4.61. The average Bonchev–Trinajstić information content (AvgIpc) is 2.91. The van der Waals surface area contributed by atoms with Crippen LogP contribution in [-0.2, 0) is 17.6 Å². The van der Waals surface area contributed by atoms with Gasteiger partial charge in [0.25, 0.3) is 5.91 Å². The van der Waals surface area contributed by atoms with E-state index in [1.165, 1.54) is 23.3 Å². The third-order valence-electron chi connectivity index (χ3n) is 5.74. The summed E-state index contributed by atoms with van der Waals surface area (Å²) in [5.41, 5.74) is 2.05. The molecule has 0 radical (unpaired) electrons. The van der Waals surface area contributed by atoms with Crippen molar-refractivity contribution < 1.29 is 9.59 Å². The maximum absolute atomic E-state index is 13.2. The van der Waals surface area contributed by atoms with Crippen LogP contribution in [0.25, 0.3) is 0 Å². The molecular weight excluding hydrogens is 320 g/mol. The molecular formula is C19H26N2O2S. The van der Waals surface area contributed by atoms with Crippen molar-refractivity contribution in [1.29, 1.82) is 0 Å². The molecule has 2 heterocycles. The normalized spacial score (nSPS) is 21.1. The Bertz CT molecular complexity index is 642. The molecule has 0 unspecified atom stereocenters. The van der Waals surface area contributed by atoms with E-state index in [0.29, 0.717) is 0 Å². The van der Waals surface area contributed by atoms with Crippen LogP contribution in [0.1, 0.15) is 72.2 Å². The quantitative estimate of drug-likeness (QED) is 0.899. The van der Waals surface area contributed by atoms with Gasteiger partial charge in [0, 0.05) is 23.9 Å². The first-order chi connectivity index (χ1) is 11.7. The molecule has 2 aliphatic carbocycles. The predicted molar refractivity (Wildman–Crippen MR) is 96.7 cm³/mol. The van der Waals surface area contributed by atoms with Gasteiger partial charge in [-0.15, -0.1) is 11.3 Å². The molecule has 4 nitrogen and oxygen atoms in total. The number of hydrogen-bond donors (Lipinski definition) is 1. The van der Waals surface area contributed by atoms with Crippen molar-refractivity contribution in [1.82, 2.24) is 4.90 Å². The molecule has 24 heavy (non-hydrogen) atoms. The second-order valence-corrected chi connectivity index (χ2v) is 8.49. The highest BCUT2D eigenvalue weighted by atomic mass is 32.1. The molecule has 2 fully saturated rings. The van der Waals surface area contributed by atoms with E-state index in [0.717, 1.165) is 75.0 Å². The number of anilines is 1. The third-order valence-corrected chi connectivity index (χ3v) is 6.95. The lowest BCUT2D eigenvalue weighted by molar-refractivity contribution is -0.122. The van der Waals surface area contributed by atoms with Gasteiger partial charge in [-0.25, -0.2) is 0 Å². The van der Waals surface area contributed by atoms with Crippen LogP contribution in [0.2, 0.25) is 0 Å². The summed E-state index contributed by atoms with van der Waals surface area (Å²) in [7, 11) is 0. The summed E-state index contributed by atoms with van der Waals surface area (Å²) in [5, 5.41) is 3.95. The van der Waals surface area contributed by atoms with Crippen LogP contribution in [0.4, 0.5) is 5.00 Å². The number of carbonyl (C=O) groups is 2. The van der Waals surface area contributed by atoms with Crippen molar-refractivity contribution in [2.45, 2.75) is 64.2 Å². The molecule has 0 bridgehead atoms. The summed E-state index contributed by atoms with van der Waals surface area (Å²) in [4.78, 5) is 28.9. The van der Waals surface area contributed by atoms with Crippen LogP contribution < -0.4 is 5.32 Å². The van der Waals surface area contributed by atoms with Crippen LogP contribution in [0.15, 0.2) is 0 Å². The fourth-order valence-electron chi connectivity index (χ4n) is 4.02. The van der Waals surface area contributed by atoms with Crippen molar-refractivity contribution in [3.63, 3.8) is 0 Å². The number of carbonyl (C=O) groups excluding carboxylic acids is 2. The van der Waals surface area contributed by atoms with E-state index >= 15 is 0 Å². The highest BCUT2D eigenvalue weighted by Gasteiger charge is 2.32. The number of thiophene rings is 1. The van der Waals surface area contributed by atoms with Gasteiger partial charge in [0.2, 0.25) is 5.91 Å². The van der Waals surface area contributed by atoms with E-state index in [1.807, 2.05) is 4.90 Å². The second-order valence-electron chi connectivity index (χ2n) is 7.38. The van der Waals surface area contributed by atoms with Crippen molar-refractivity contribution in [3.05, 3.63) is 16.0 Å². The number of piperidine rings is 1. The number of rotatable bonds is 3. The molecule has 3 aliphatic rings. The topological polar surface area (TPSA) is 49.4 Å². The fourth-order valence-corrected chi connectivity index (χ4v) is 5.30. The SMILES string of the molecule is O=C(Nc1sc2c(c1C(=O)N1CCCCC1)CCCC2)C1CCC1. The van der Waals surface area contributed by atoms with Crippen molar-refractivity contribution in [2.24, 2.45) is 5.92 Å². The smallest absolute Gasteiger partial charge is 0.257 e. The largest absolute Gasteiger partial charge is 0.339 e. The van der Waals surface area contributed by atoms with Gasteiger partial charge in [-0.1, -0.05) is 6.42 Å². The maximum atomic E-state index is 13.2. The molecule has 0 aromatic carbocycles. The third kappa shape index (κ3) is 2.99. The zero-order valence-electron chi connectivity index (χ0n) is 14.2. The van der Waals surface area contributed by atoms with E-state index < -0.39 is 0 Å². The maximum Gasteiger partial charge on any atom is 0.257 e. The predicted octanol–water partition coefficient (Wildman–Crippen LogP) is 3.99. The van der Waals surface area contributed by atoms with Gasteiger partial charge in [-0.05, 0) is 63.4 Å². The minimum absolute atomic E-state index is 0.118. The molecule has 4 rings (SSSR count). The van der Waals surface area contributed by atoms with Gasteiger partial charge in [0.15, 0.2) is 0 Å². The van der Waals surface area contributed by atoms with Gasteiger partial charge >= 0.3 is 0 Å². The molecule has 5 heteroatoms. The van der Waals surface area contributed by atoms with Crippen LogP contribution in [0, 0.1) is 5.92 Å². The van der Waals surface area contributed by atoms with Gasteiger partial charge < -0.3 is 10.2 Å². The van der Waals surface area contributed by atoms with Crippen molar-refractivity contribution in [2.75, 3.05) is 18.4 Å².